The molecule has 0 saturated carbocycles. The number of hydrogen-bond donors (Lipinski definition) is 2. The van der Waals surface area contributed by atoms with Gasteiger partial charge >= 0.3 is 5.97 Å². The number of para-hydroxylation sites is 1. The third-order valence-corrected chi connectivity index (χ3v) is 5.54. The SMILES string of the molecule is COc1cccc([C@H](CC(=O)O)NC(=O)c2csc(-c3ccccc3Cl)n2)c1OC. The third-order valence-electron chi connectivity index (χ3n) is 4.33. The Bertz CT molecular complexity index is 1070. The number of carboxylic acids is 1. The average molecular weight is 447 g/mol. The smallest absolute Gasteiger partial charge is 0.305 e. The standard InChI is InChI=1S/C21H19ClN2O5S/c1-28-17-9-5-7-13(19(17)29-2)15(10-18(25)26)23-20(27)16-11-30-21(24-16)12-6-3-4-8-14(12)22/h3-9,11,15H,10H2,1-2H3,(H,23,27)(H,25,26)/t15-/m0/s1. The summed E-state index contributed by atoms with van der Waals surface area (Å²) in [6.45, 7) is 0. The molecular weight excluding hydrogens is 428 g/mol. The maximum Gasteiger partial charge on any atom is 0.305 e. The van der Waals surface area contributed by atoms with Crippen molar-refractivity contribution in [3.05, 3.63) is 64.1 Å². The molecule has 9 heteroatoms. The van der Waals surface area contributed by atoms with Gasteiger partial charge in [-0.3, -0.25) is 9.59 Å². The summed E-state index contributed by atoms with van der Waals surface area (Å²) in [5, 5.41) is 14.8. The fraction of sp³-hybridized carbons (Fsp3) is 0.190. The van der Waals surface area contributed by atoms with E-state index in [0.717, 1.165) is 5.56 Å². The van der Waals surface area contributed by atoms with Crippen molar-refractivity contribution in [3.63, 3.8) is 0 Å². The Kier molecular flexibility index (Phi) is 6.91. The monoisotopic (exact) mass is 446 g/mol. The van der Waals surface area contributed by atoms with Gasteiger partial charge in [-0.25, -0.2) is 4.98 Å². The zero-order chi connectivity index (χ0) is 21.7. The lowest BCUT2D eigenvalue weighted by Gasteiger charge is -2.21. The summed E-state index contributed by atoms with van der Waals surface area (Å²) in [4.78, 5) is 28.6. The molecule has 2 aromatic carbocycles. The van der Waals surface area contributed by atoms with Gasteiger partial charge < -0.3 is 19.9 Å². The maximum absolute atomic E-state index is 12.8. The van der Waals surface area contributed by atoms with Crippen molar-refractivity contribution in [1.29, 1.82) is 0 Å². The van der Waals surface area contributed by atoms with Gasteiger partial charge in [0.15, 0.2) is 11.5 Å². The van der Waals surface area contributed by atoms with E-state index in [1.54, 1.807) is 29.6 Å². The molecule has 2 N–H and O–H groups in total. The largest absolute Gasteiger partial charge is 0.493 e. The highest BCUT2D eigenvalue weighted by Crippen LogP contribution is 2.36. The Balaban J connectivity index is 1.89. The van der Waals surface area contributed by atoms with E-state index in [-0.39, 0.29) is 12.1 Å². The number of hydrogen-bond acceptors (Lipinski definition) is 6. The fourth-order valence-electron chi connectivity index (χ4n) is 2.97. The number of aliphatic carboxylic acids is 1. The Morgan fingerprint density at radius 1 is 1.17 bits per heavy atom. The molecule has 1 heterocycles. The Morgan fingerprint density at radius 2 is 1.93 bits per heavy atom. The van der Waals surface area contributed by atoms with Crippen LogP contribution in [0.2, 0.25) is 5.02 Å². The maximum atomic E-state index is 12.8. The number of carbonyl (C=O) groups excluding carboxylic acids is 1. The first kappa shape index (κ1) is 21.6. The number of benzene rings is 2. The van der Waals surface area contributed by atoms with E-state index in [2.05, 4.69) is 10.3 Å². The predicted octanol–water partition coefficient (Wildman–Crippen LogP) is 4.43. The van der Waals surface area contributed by atoms with Crippen LogP contribution >= 0.6 is 22.9 Å². The van der Waals surface area contributed by atoms with Crippen LogP contribution in [0.25, 0.3) is 10.6 Å². The van der Waals surface area contributed by atoms with E-state index in [1.165, 1.54) is 25.6 Å². The average Bonchev–Trinajstić information content (AvgIpc) is 3.22. The first-order valence-corrected chi connectivity index (χ1v) is 10.1. The summed E-state index contributed by atoms with van der Waals surface area (Å²) in [6.07, 6.45) is -0.337. The molecule has 0 aliphatic rings. The molecule has 1 atom stereocenters. The molecule has 7 nitrogen and oxygen atoms in total. The quantitative estimate of drug-likeness (QED) is 0.531. The highest BCUT2D eigenvalue weighted by molar-refractivity contribution is 7.13. The minimum absolute atomic E-state index is 0.173. The van der Waals surface area contributed by atoms with E-state index in [4.69, 9.17) is 21.1 Å². The van der Waals surface area contributed by atoms with Crippen molar-refractivity contribution in [1.82, 2.24) is 10.3 Å². The van der Waals surface area contributed by atoms with Crippen LogP contribution < -0.4 is 14.8 Å². The third kappa shape index (κ3) is 4.72. The summed E-state index contributed by atoms with van der Waals surface area (Å²) in [5.74, 6) is -0.767. The van der Waals surface area contributed by atoms with Crippen LogP contribution in [0, 0.1) is 0 Å². The number of methoxy groups -OCH3 is 2. The molecule has 0 unspecified atom stereocenters. The highest BCUT2D eigenvalue weighted by atomic mass is 35.5. The van der Waals surface area contributed by atoms with Crippen molar-refractivity contribution >= 4 is 34.8 Å². The number of halogens is 1. The Labute approximate surface area is 182 Å². The lowest BCUT2D eigenvalue weighted by atomic mass is 10.0. The second-order valence-corrected chi connectivity index (χ2v) is 7.49. The zero-order valence-electron chi connectivity index (χ0n) is 16.2. The van der Waals surface area contributed by atoms with Gasteiger partial charge in [0.2, 0.25) is 0 Å². The van der Waals surface area contributed by atoms with Crippen LogP contribution in [-0.4, -0.2) is 36.2 Å². The molecule has 0 bridgehead atoms. The summed E-state index contributed by atoms with van der Waals surface area (Å²) in [6, 6.07) is 11.4. The van der Waals surface area contributed by atoms with Crippen LogP contribution in [-0.2, 0) is 4.79 Å². The second kappa shape index (κ2) is 9.60. The van der Waals surface area contributed by atoms with Gasteiger partial charge in [0.05, 0.1) is 31.7 Å². The van der Waals surface area contributed by atoms with Gasteiger partial charge in [0, 0.05) is 16.5 Å². The Hall–Kier alpha value is -3.10. The molecule has 0 fully saturated rings. The van der Waals surface area contributed by atoms with E-state index >= 15 is 0 Å². The summed E-state index contributed by atoms with van der Waals surface area (Å²) in [5.41, 5.74) is 1.39. The number of thiazole rings is 1. The summed E-state index contributed by atoms with van der Waals surface area (Å²) in [7, 11) is 2.94. The number of aromatic nitrogens is 1. The zero-order valence-corrected chi connectivity index (χ0v) is 17.8. The molecule has 0 radical (unpaired) electrons. The van der Waals surface area contributed by atoms with Gasteiger partial charge in [-0.05, 0) is 12.1 Å². The lowest BCUT2D eigenvalue weighted by Crippen LogP contribution is -2.30. The van der Waals surface area contributed by atoms with Crippen LogP contribution in [0.15, 0.2) is 47.8 Å². The summed E-state index contributed by atoms with van der Waals surface area (Å²) >= 11 is 7.48. The second-order valence-electron chi connectivity index (χ2n) is 6.22. The van der Waals surface area contributed by atoms with E-state index in [1.807, 2.05) is 18.2 Å². The van der Waals surface area contributed by atoms with Crippen LogP contribution in [0.1, 0.15) is 28.5 Å². The van der Waals surface area contributed by atoms with Crippen molar-refractivity contribution < 1.29 is 24.2 Å². The molecular formula is C21H19ClN2O5S. The highest BCUT2D eigenvalue weighted by Gasteiger charge is 2.25. The van der Waals surface area contributed by atoms with Crippen molar-refractivity contribution in [2.24, 2.45) is 0 Å². The molecule has 3 rings (SSSR count). The van der Waals surface area contributed by atoms with E-state index < -0.39 is 17.9 Å². The van der Waals surface area contributed by atoms with Crippen LogP contribution in [0.3, 0.4) is 0 Å². The minimum Gasteiger partial charge on any atom is -0.493 e. The van der Waals surface area contributed by atoms with Crippen LogP contribution in [0.4, 0.5) is 0 Å². The predicted molar refractivity (Wildman–Crippen MR) is 115 cm³/mol. The molecule has 0 aliphatic carbocycles. The molecule has 156 valence electrons. The van der Waals surface area contributed by atoms with Crippen LogP contribution in [0.5, 0.6) is 11.5 Å². The molecule has 0 spiro atoms. The number of nitrogens with one attached hydrogen (secondary N) is 1. The normalized spacial score (nSPS) is 11.6. The first-order valence-electron chi connectivity index (χ1n) is 8.88. The van der Waals surface area contributed by atoms with Crippen molar-refractivity contribution in [2.75, 3.05) is 14.2 Å². The lowest BCUT2D eigenvalue weighted by molar-refractivity contribution is -0.137. The van der Waals surface area contributed by atoms with E-state index in [9.17, 15) is 14.7 Å². The van der Waals surface area contributed by atoms with Gasteiger partial charge in [-0.2, -0.15) is 0 Å². The number of nitrogens with zero attached hydrogens (tertiary/aromatic N) is 1. The van der Waals surface area contributed by atoms with Crippen molar-refractivity contribution in [3.8, 4) is 22.1 Å². The molecule has 1 aromatic heterocycles. The van der Waals surface area contributed by atoms with Gasteiger partial charge in [-0.1, -0.05) is 41.9 Å². The summed E-state index contributed by atoms with van der Waals surface area (Å²) < 4.78 is 10.7. The van der Waals surface area contributed by atoms with Gasteiger partial charge in [-0.15, -0.1) is 11.3 Å². The first-order chi connectivity index (χ1) is 14.4. The molecule has 30 heavy (non-hydrogen) atoms. The molecule has 0 aliphatic heterocycles. The molecule has 3 aromatic rings. The topological polar surface area (TPSA) is 97.8 Å². The number of carbonyl (C=O) groups is 2. The minimum atomic E-state index is -1.07. The molecule has 0 saturated heterocycles. The van der Waals surface area contributed by atoms with Crippen molar-refractivity contribution in [2.45, 2.75) is 12.5 Å². The molecule has 1 amide bonds. The fourth-order valence-corrected chi connectivity index (χ4v) is 4.09. The van der Waals surface area contributed by atoms with Gasteiger partial charge in [0.25, 0.3) is 5.91 Å². The van der Waals surface area contributed by atoms with Gasteiger partial charge in [0.1, 0.15) is 10.7 Å². The number of ether oxygens (including phenoxy) is 2. The number of amides is 1. The number of carboxylic acid groups (broad SMARTS) is 1. The van der Waals surface area contributed by atoms with E-state index in [0.29, 0.717) is 27.1 Å². The Morgan fingerprint density at radius 3 is 2.60 bits per heavy atom. The number of rotatable bonds is 8.